The molecule has 0 spiro atoms. The van der Waals surface area contributed by atoms with E-state index < -0.39 is 0 Å². The first-order valence-corrected chi connectivity index (χ1v) is 12.0. The van der Waals surface area contributed by atoms with Crippen LogP contribution in [0.15, 0.2) is 48.5 Å². The number of carbonyl (C=O) groups excluding carboxylic acids is 2. The summed E-state index contributed by atoms with van der Waals surface area (Å²) in [4.78, 5) is 28.9. The van der Waals surface area contributed by atoms with Gasteiger partial charge in [-0.1, -0.05) is 70.9 Å². The largest absolute Gasteiger partial charge is 0.335 e. The number of rotatable bonds is 6. The minimum absolute atomic E-state index is 0.0198. The molecule has 4 nitrogen and oxygen atoms in total. The van der Waals surface area contributed by atoms with Crippen LogP contribution in [-0.4, -0.2) is 29.3 Å². The molecular weight excluding hydrogens is 396 g/mol. The van der Waals surface area contributed by atoms with E-state index in [2.05, 4.69) is 45.1 Å². The van der Waals surface area contributed by atoms with Crippen LogP contribution in [0.3, 0.4) is 0 Å². The summed E-state index contributed by atoms with van der Waals surface area (Å²) >= 11 is 0. The Kier molecular flexibility index (Phi) is 7.76. The van der Waals surface area contributed by atoms with Gasteiger partial charge in [0.2, 0.25) is 5.91 Å². The van der Waals surface area contributed by atoms with E-state index in [-0.39, 0.29) is 29.2 Å². The third-order valence-corrected chi connectivity index (χ3v) is 6.60. The fraction of sp³-hybridized carbons (Fsp3) is 0.500. The van der Waals surface area contributed by atoms with Gasteiger partial charge in [0.15, 0.2) is 0 Å². The van der Waals surface area contributed by atoms with Crippen LogP contribution < -0.4 is 5.32 Å². The second-order valence-electron chi connectivity index (χ2n) is 10.1. The third kappa shape index (κ3) is 5.59. The van der Waals surface area contributed by atoms with Crippen molar-refractivity contribution < 1.29 is 9.59 Å². The summed E-state index contributed by atoms with van der Waals surface area (Å²) in [6.45, 7) is 11.4. The van der Waals surface area contributed by atoms with Crippen LogP contribution in [0.25, 0.3) is 0 Å². The lowest BCUT2D eigenvalue weighted by atomic mass is 9.84. The second-order valence-corrected chi connectivity index (χ2v) is 10.1. The molecule has 2 atom stereocenters. The lowest BCUT2D eigenvalue weighted by molar-refractivity contribution is -0.123. The number of anilines is 1. The zero-order valence-electron chi connectivity index (χ0n) is 20.3. The predicted octanol–water partition coefficient (Wildman–Crippen LogP) is 6.34. The summed E-state index contributed by atoms with van der Waals surface area (Å²) in [6, 6.07) is 15.8. The van der Waals surface area contributed by atoms with Crippen molar-refractivity contribution >= 4 is 17.5 Å². The molecule has 0 unspecified atom stereocenters. The Morgan fingerprint density at radius 3 is 2.53 bits per heavy atom. The van der Waals surface area contributed by atoms with Gasteiger partial charge in [-0.25, -0.2) is 0 Å². The lowest BCUT2D eigenvalue weighted by Crippen LogP contribution is -2.52. The van der Waals surface area contributed by atoms with Crippen LogP contribution in [0.4, 0.5) is 5.69 Å². The van der Waals surface area contributed by atoms with Crippen LogP contribution in [0.2, 0.25) is 0 Å². The SMILES string of the molecule is CCCC[C@H]1[C@@H](C(=O)Nc2cccc(C(C)(C)C)c2)CCCN1C(=O)c1ccccc1C. The van der Waals surface area contributed by atoms with Gasteiger partial charge in [-0.2, -0.15) is 0 Å². The summed E-state index contributed by atoms with van der Waals surface area (Å²) in [6.07, 6.45) is 4.57. The number of unbranched alkanes of at least 4 members (excludes halogenated alkanes) is 1. The van der Waals surface area contributed by atoms with Gasteiger partial charge in [-0.05, 0) is 60.9 Å². The van der Waals surface area contributed by atoms with Crippen molar-refractivity contribution in [2.24, 2.45) is 5.92 Å². The maximum Gasteiger partial charge on any atom is 0.254 e. The molecule has 1 heterocycles. The van der Waals surface area contributed by atoms with Gasteiger partial charge in [0.1, 0.15) is 0 Å². The molecule has 0 aliphatic carbocycles. The summed E-state index contributed by atoms with van der Waals surface area (Å²) in [5.74, 6) is -0.113. The van der Waals surface area contributed by atoms with Crippen molar-refractivity contribution in [3.63, 3.8) is 0 Å². The average Bonchev–Trinajstić information content (AvgIpc) is 2.77. The van der Waals surface area contributed by atoms with Crippen LogP contribution in [-0.2, 0) is 10.2 Å². The molecule has 4 heteroatoms. The number of amides is 2. The van der Waals surface area contributed by atoms with Crippen LogP contribution in [0.1, 0.15) is 81.3 Å². The van der Waals surface area contributed by atoms with Crippen molar-refractivity contribution in [2.75, 3.05) is 11.9 Å². The van der Waals surface area contributed by atoms with Gasteiger partial charge in [0, 0.05) is 23.8 Å². The van der Waals surface area contributed by atoms with Gasteiger partial charge in [0.05, 0.1) is 5.92 Å². The van der Waals surface area contributed by atoms with E-state index in [0.29, 0.717) is 6.54 Å². The molecule has 1 saturated heterocycles. The van der Waals surface area contributed by atoms with E-state index in [9.17, 15) is 9.59 Å². The van der Waals surface area contributed by atoms with E-state index >= 15 is 0 Å². The molecule has 2 aromatic carbocycles. The molecular formula is C28H38N2O2. The Labute approximate surface area is 193 Å². The third-order valence-electron chi connectivity index (χ3n) is 6.60. The molecule has 32 heavy (non-hydrogen) atoms. The molecule has 3 rings (SSSR count). The standard InChI is InChI=1S/C28H38N2O2/c1-6-7-17-25-24(26(31)29-22-14-10-13-21(19-22)28(3,4)5)16-11-18-30(25)27(32)23-15-9-8-12-20(23)2/h8-10,12-15,19,24-25H,6-7,11,16-18H2,1-5H3,(H,29,31)/t24-,25-/m0/s1. The van der Waals surface area contributed by atoms with Gasteiger partial charge < -0.3 is 10.2 Å². The Morgan fingerprint density at radius 2 is 1.84 bits per heavy atom. The average molecular weight is 435 g/mol. The molecule has 0 aromatic heterocycles. The van der Waals surface area contributed by atoms with Crippen molar-refractivity contribution in [2.45, 2.75) is 78.2 Å². The fourth-order valence-corrected chi connectivity index (χ4v) is 4.65. The van der Waals surface area contributed by atoms with E-state index in [1.807, 2.05) is 48.2 Å². The number of aryl methyl sites for hydroxylation is 1. The highest BCUT2D eigenvalue weighted by Gasteiger charge is 2.38. The summed E-state index contributed by atoms with van der Waals surface area (Å²) < 4.78 is 0. The van der Waals surface area contributed by atoms with E-state index in [0.717, 1.165) is 48.9 Å². The highest BCUT2D eigenvalue weighted by Crippen LogP contribution is 2.31. The first kappa shape index (κ1) is 24.0. The Balaban J connectivity index is 1.83. The number of nitrogens with zero attached hydrogens (tertiary/aromatic N) is 1. The number of benzene rings is 2. The van der Waals surface area contributed by atoms with E-state index in [1.165, 1.54) is 5.56 Å². The fourth-order valence-electron chi connectivity index (χ4n) is 4.65. The van der Waals surface area contributed by atoms with E-state index in [1.54, 1.807) is 0 Å². The number of carbonyl (C=O) groups is 2. The summed E-state index contributed by atoms with van der Waals surface area (Å²) in [7, 11) is 0. The van der Waals surface area contributed by atoms with E-state index in [4.69, 9.17) is 0 Å². The number of piperidine rings is 1. The van der Waals surface area contributed by atoms with Crippen molar-refractivity contribution in [1.29, 1.82) is 0 Å². The maximum atomic E-state index is 13.5. The van der Waals surface area contributed by atoms with Crippen LogP contribution >= 0.6 is 0 Å². The maximum absolute atomic E-state index is 13.5. The molecule has 2 aromatic rings. The van der Waals surface area contributed by atoms with Crippen molar-refractivity contribution in [3.8, 4) is 0 Å². The zero-order chi connectivity index (χ0) is 23.3. The Bertz CT molecular complexity index is 944. The molecule has 0 bridgehead atoms. The van der Waals surface area contributed by atoms with Gasteiger partial charge >= 0.3 is 0 Å². The summed E-state index contributed by atoms with van der Waals surface area (Å²) in [5, 5.41) is 3.16. The van der Waals surface area contributed by atoms with Crippen molar-refractivity contribution in [1.82, 2.24) is 4.90 Å². The smallest absolute Gasteiger partial charge is 0.254 e. The minimum atomic E-state index is -0.193. The second kappa shape index (κ2) is 10.3. The van der Waals surface area contributed by atoms with Crippen LogP contribution in [0.5, 0.6) is 0 Å². The highest BCUT2D eigenvalue weighted by atomic mass is 16.2. The summed E-state index contributed by atoms with van der Waals surface area (Å²) in [5.41, 5.74) is 3.77. The molecule has 172 valence electrons. The topological polar surface area (TPSA) is 49.4 Å². The number of hydrogen-bond acceptors (Lipinski definition) is 2. The number of hydrogen-bond donors (Lipinski definition) is 1. The quantitative estimate of drug-likeness (QED) is 0.576. The lowest BCUT2D eigenvalue weighted by Gasteiger charge is -2.41. The number of likely N-dealkylation sites (tertiary alicyclic amines) is 1. The highest BCUT2D eigenvalue weighted by molar-refractivity contribution is 5.97. The molecule has 1 aliphatic rings. The number of nitrogens with one attached hydrogen (secondary N) is 1. The van der Waals surface area contributed by atoms with Crippen LogP contribution in [0, 0.1) is 12.8 Å². The monoisotopic (exact) mass is 434 g/mol. The first-order valence-electron chi connectivity index (χ1n) is 12.0. The Hall–Kier alpha value is -2.62. The predicted molar refractivity (Wildman–Crippen MR) is 132 cm³/mol. The minimum Gasteiger partial charge on any atom is -0.335 e. The molecule has 0 saturated carbocycles. The van der Waals surface area contributed by atoms with Gasteiger partial charge in [-0.15, -0.1) is 0 Å². The molecule has 1 aliphatic heterocycles. The van der Waals surface area contributed by atoms with Gasteiger partial charge in [0.25, 0.3) is 5.91 Å². The molecule has 1 fully saturated rings. The molecule has 1 N–H and O–H groups in total. The Morgan fingerprint density at radius 1 is 1.09 bits per heavy atom. The first-order chi connectivity index (χ1) is 15.2. The molecule has 2 amide bonds. The zero-order valence-corrected chi connectivity index (χ0v) is 20.3. The molecule has 0 radical (unpaired) electrons. The van der Waals surface area contributed by atoms with Gasteiger partial charge in [-0.3, -0.25) is 9.59 Å². The normalized spacial score (nSPS) is 19.0. The van der Waals surface area contributed by atoms with Crippen molar-refractivity contribution in [3.05, 3.63) is 65.2 Å².